The SMILES string of the molecule is C#CCNC(C(=O)OCC)c1ccc(OC)c(F)c1. The fraction of sp³-hybridized carbons (Fsp3) is 0.357. The number of hydrogen-bond donors (Lipinski definition) is 1. The van der Waals surface area contributed by atoms with Crippen LogP contribution < -0.4 is 10.1 Å². The molecule has 0 amide bonds. The summed E-state index contributed by atoms with van der Waals surface area (Å²) in [5.74, 6) is 1.44. The van der Waals surface area contributed by atoms with Crippen molar-refractivity contribution in [1.29, 1.82) is 0 Å². The first kappa shape index (κ1) is 15.0. The van der Waals surface area contributed by atoms with Crippen LogP contribution in [0.1, 0.15) is 18.5 Å². The minimum Gasteiger partial charge on any atom is -0.494 e. The van der Waals surface area contributed by atoms with Crippen molar-refractivity contribution in [2.24, 2.45) is 0 Å². The highest BCUT2D eigenvalue weighted by Crippen LogP contribution is 2.22. The van der Waals surface area contributed by atoms with Crippen LogP contribution in [0.5, 0.6) is 5.75 Å². The number of carbonyl (C=O) groups is 1. The smallest absolute Gasteiger partial charge is 0.327 e. The van der Waals surface area contributed by atoms with Crippen LogP contribution in [0.15, 0.2) is 18.2 Å². The molecule has 1 unspecified atom stereocenters. The van der Waals surface area contributed by atoms with Crippen molar-refractivity contribution in [3.63, 3.8) is 0 Å². The lowest BCUT2D eigenvalue weighted by atomic mass is 10.1. The van der Waals surface area contributed by atoms with E-state index in [-0.39, 0.29) is 18.9 Å². The highest BCUT2D eigenvalue weighted by molar-refractivity contribution is 5.77. The molecule has 0 saturated carbocycles. The Morgan fingerprint density at radius 3 is 2.84 bits per heavy atom. The topological polar surface area (TPSA) is 47.6 Å². The number of ether oxygens (including phenoxy) is 2. The maximum atomic E-state index is 13.6. The Labute approximate surface area is 111 Å². The van der Waals surface area contributed by atoms with Crippen molar-refractivity contribution >= 4 is 5.97 Å². The van der Waals surface area contributed by atoms with Crippen LogP contribution in [0, 0.1) is 18.2 Å². The lowest BCUT2D eigenvalue weighted by molar-refractivity contribution is -0.145. The number of terminal acetylenes is 1. The lowest BCUT2D eigenvalue weighted by Gasteiger charge is -2.17. The second-order valence-electron chi connectivity index (χ2n) is 3.66. The van der Waals surface area contributed by atoms with E-state index in [4.69, 9.17) is 15.9 Å². The van der Waals surface area contributed by atoms with Gasteiger partial charge in [0.05, 0.1) is 20.3 Å². The van der Waals surface area contributed by atoms with Gasteiger partial charge in [0, 0.05) is 0 Å². The normalized spacial score (nSPS) is 11.5. The fourth-order valence-electron chi connectivity index (χ4n) is 1.59. The summed E-state index contributed by atoms with van der Waals surface area (Å²) >= 11 is 0. The predicted octanol–water partition coefficient (Wildman–Crippen LogP) is 1.66. The molecule has 1 atom stereocenters. The van der Waals surface area contributed by atoms with E-state index in [1.165, 1.54) is 19.2 Å². The number of benzene rings is 1. The van der Waals surface area contributed by atoms with Gasteiger partial charge in [-0.3, -0.25) is 5.32 Å². The Morgan fingerprint density at radius 2 is 2.32 bits per heavy atom. The van der Waals surface area contributed by atoms with Crippen LogP contribution in [0.25, 0.3) is 0 Å². The predicted molar refractivity (Wildman–Crippen MR) is 69.2 cm³/mol. The lowest BCUT2D eigenvalue weighted by Crippen LogP contribution is -2.30. The molecule has 0 bridgehead atoms. The minimum atomic E-state index is -0.795. The number of nitrogens with one attached hydrogen (secondary N) is 1. The molecule has 5 heteroatoms. The summed E-state index contributed by atoms with van der Waals surface area (Å²) in [5.41, 5.74) is 0.437. The van der Waals surface area contributed by atoms with E-state index in [1.54, 1.807) is 13.0 Å². The number of methoxy groups -OCH3 is 1. The zero-order chi connectivity index (χ0) is 14.3. The Kier molecular flexibility index (Phi) is 5.83. The highest BCUT2D eigenvalue weighted by Gasteiger charge is 2.22. The molecular weight excluding hydrogens is 249 g/mol. The van der Waals surface area contributed by atoms with Crippen LogP contribution in [0.4, 0.5) is 4.39 Å². The van der Waals surface area contributed by atoms with Gasteiger partial charge in [-0.05, 0) is 24.6 Å². The standard InChI is InChI=1S/C14H16FNO3/c1-4-8-16-13(14(17)19-5-2)10-6-7-12(18-3)11(15)9-10/h1,6-7,9,13,16H,5,8H2,2-3H3. The molecule has 0 aliphatic rings. The molecule has 0 radical (unpaired) electrons. The first-order valence-electron chi connectivity index (χ1n) is 5.81. The van der Waals surface area contributed by atoms with E-state index in [0.29, 0.717) is 5.56 Å². The molecule has 0 saturated heterocycles. The molecule has 19 heavy (non-hydrogen) atoms. The monoisotopic (exact) mass is 265 g/mol. The number of rotatable bonds is 6. The zero-order valence-corrected chi connectivity index (χ0v) is 10.9. The third-order valence-corrected chi connectivity index (χ3v) is 2.44. The van der Waals surface area contributed by atoms with Gasteiger partial charge in [-0.1, -0.05) is 12.0 Å². The van der Waals surface area contributed by atoms with Gasteiger partial charge >= 0.3 is 5.97 Å². The maximum Gasteiger partial charge on any atom is 0.327 e. The number of halogens is 1. The first-order valence-corrected chi connectivity index (χ1v) is 5.81. The van der Waals surface area contributed by atoms with Crippen LogP contribution >= 0.6 is 0 Å². The molecule has 1 rings (SSSR count). The van der Waals surface area contributed by atoms with Crippen molar-refractivity contribution in [1.82, 2.24) is 5.32 Å². The van der Waals surface area contributed by atoms with E-state index in [1.807, 2.05) is 0 Å². The molecule has 0 aliphatic carbocycles. The Bertz CT molecular complexity index is 482. The van der Waals surface area contributed by atoms with Gasteiger partial charge in [-0.15, -0.1) is 6.42 Å². The molecule has 0 spiro atoms. The maximum absolute atomic E-state index is 13.6. The summed E-state index contributed by atoms with van der Waals surface area (Å²) < 4.78 is 23.4. The number of esters is 1. The second-order valence-corrected chi connectivity index (χ2v) is 3.66. The molecule has 0 aromatic heterocycles. The van der Waals surface area contributed by atoms with Crippen LogP contribution in [0.3, 0.4) is 0 Å². The van der Waals surface area contributed by atoms with Gasteiger partial charge < -0.3 is 9.47 Å². The molecule has 0 heterocycles. The van der Waals surface area contributed by atoms with E-state index in [0.717, 1.165) is 0 Å². The van der Waals surface area contributed by atoms with Crippen LogP contribution in [0.2, 0.25) is 0 Å². The van der Waals surface area contributed by atoms with Crippen molar-refractivity contribution in [2.45, 2.75) is 13.0 Å². The van der Waals surface area contributed by atoms with Crippen molar-refractivity contribution in [3.05, 3.63) is 29.6 Å². The zero-order valence-electron chi connectivity index (χ0n) is 10.9. The second kappa shape index (κ2) is 7.39. The van der Waals surface area contributed by atoms with Crippen molar-refractivity contribution < 1.29 is 18.7 Å². The Balaban J connectivity index is 3.00. The van der Waals surface area contributed by atoms with Crippen molar-refractivity contribution in [3.8, 4) is 18.1 Å². The minimum absolute atomic E-state index is 0.114. The molecule has 0 aliphatic heterocycles. The average Bonchev–Trinajstić information content (AvgIpc) is 2.39. The molecule has 1 N–H and O–H groups in total. The molecule has 4 nitrogen and oxygen atoms in total. The molecule has 1 aromatic carbocycles. The van der Waals surface area contributed by atoms with Gasteiger partial charge in [0.25, 0.3) is 0 Å². The van der Waals surface area contributed by atoms with Crippen molar-refractivity contribution in [2.75, 3.05) is 20.3 Å². The summed E-state index contributed by atoms with van der Waals surface area (Å²) in [6, 6.07) is 3.47. The van der Waals surface area contributed by atoms with Gasteiger partial charge in [0.15, 0.2) is 11.6 Å². The molecular formula is C14H16FNO3. The first-order chi connectivity index (χ1) is 9.13. The van der Waals surface area contributed by atoms with E-state index < -0.39 is 17.8 Å². The van der Waals surface area contributed by atoms with E-state index >= 15 is 0 Å². The summed E-state index contributed by atoms with van der Waals surface area (Å²) in [6.45, 7) is 2.12. The molecule has 1 aromatic rings. The van der Waals surface area contributed by atoms with E-state index in [9.17, 15) is 9.18 Å². The van der Waals surface area contributed by atoms with Gasteiger partial charge in [-0.2, -0.15) is 0 Å². The average molecular weight is 265 g/mol. The highest BCUT2D eigenvalue weighted by atomic mass is 19.1. The number of hydrogen-bond acceptors (Lipinski definition) is 4. The Hall–Kier alpha value is -2.06. The number of carbonyl (C=O) groups excluding carboxylic acids is 1. The summed E-state index contributed by atoms with van der Waals surface area (Å²) in [6.07, 6.45) is 5.15. The van der Waals surface area contributed by atoms with Gasteiger partial charge in [-0.25, -0.2) is 9.18 Å². The Morgan fingerprint density at radius 1 is 1.58 bits per heavy atom. The fourth-order valence-corrected chi connectivity index (χ4v) is 1.59. The largest absolute Gasteiger partial charge is 0.494 e. The van der Waals surface area contributed by atoms with Gasteiger partial charge in [0.1, 0.15) is 6.04 Å². The third kappa shape index (κ3) is 3.97. The quantitative estimate of drug-likeness (QED) is 0.628. The van der Waals surface area contributed by atoms with Gasteiger partial charge in [0.2, 0.25) is 0 Å². The molecule has 102 valence electrons. The van der Waals surface area contributed by atoms with E-state index in [2.05, 4.69) is 11.2 Å². The summed E-state index contributed by atoms with van der Waals surface area (Å²) in [5, 5.41) is 2.82. The van der Waals surface area contributed by atoms with Crippen LogP contribution in [-0.4, -0.2) is 26.2 Å². The summed E-state index contributed by atoms with van der Waals surface area (Å²) in [7, 11) is 1.37. The molecule has 0 fully saturated rings. The van der Waals surface area contributed by atoms with Crippen LogP contribution in [-0.2, 0) is 9.53 Å². The third-order valence-electron chi connectivity index (χ3n) is 2.44. The summed E-state index contributed by atoms with van der Waals surface area (Å²) in [4.78, 5) is 11.8.